The lowest BCUT2D eigenvalue weighted by Crippen LogP contribution is -2.22. The summed E-state index contributed by atoms with van der Waals surface area (Å²) in [6, 6.07) is 6.34. The van der Waals surface area contributed by atoms with Gasteiger partial charge in [-0.1, -0.05) is 6.07 Å². The number of aromatic carboxylic acids is 1. The van der Waals surface area contributed by atoms with Gasteiger partial charge in [0, 0.05) is 11.1 Å². The number of carbonyl (C=O) groups excluding carboxylic acids is 1. The normalized spacial score (nSPS) is 10.4. The Hall–Kier alpha value is -2.14. The van der Waals surface area contributed by atoms with Crippen molar-refractivity contribution in [2.75, 3.05) is 5.43 Å². The van der Waals surface area contributed by atoms with Gasteiger partial charge in [0.1, 0.15) is 0 Å². The fourth-order valence-electron chi connectivity index (χ4n) is 1.60. The number of hydrogen-bond acceptors (Lipinski definition) is 5. The van der Waals surface area contributed by atoms with Gasteiger partial charge < -0.3 is 15.3 Å². The predicted octanol–water partition coefficient (Wildman–Crippen LogP) is 0.192. The topological polar surface area (TPSA) is 91.1 Å². The summed E-state index contributed by atoms with van der Waals surface area (Å²) in [5.41, 5.74) is 4.77. The van der Waals surface area contributed by atoms with Gasteiger partial charge in [-0.15, -0.1) is 0 Å². The Labute approximate surface area is 91.9 Å². The number of nitrogens with one attached hydrogen (secondary N) is 1. The highest BCUT2D eigenvalue weighted by Crippen LogP contribution is 2.23. The van der Waals surface area contributed by atoms with Crippen molar-refractivity contribution in [1.82, 2.24) is 4.98 Å². The summed E-state index contributed by atoms with van der Waals surface area (Å²) in [4.78, 5) is 15.0. The Balaban J connectivity index is 2.75. The lowest BCUT2D eigenvalue weighted by Gasteiger charge is -2.09. The van der Waals surface area contributed by atoms with Crippen LogP contribution in [-0.4, -0.2) is 11.0 Å². The first-order chi connectivity index (χ1) is 7.61. The third kappa shape index (κ3) is 1.68. The average molecular weight is 216 g/mol. The van der Waals surface area contributed by atoms with Crippen molar-refractivity contribution in [3.63, 3.8) is 0 Å². The molecule has 2 rings (SSSR count). The fourth-order valence-corrected chi connectivity index (χ4v) is 1.60. The number of anilines is 1. The van der Waals surface area contributed by atoms with E-state index in [1.54, 1.807) is 12.1 Å². The van der Waals surface area contributed by atoms with E-state index in [9.17, 15) is 9.90 Å². The first-order valence-corrected chi connectivity index (χ1v) is 4.71. The van der Waals surface area contributed by atoms with Crippen LogP contribution in [0.2, 0.25) is 0 Å². The van der Waals surface area contributed by atoms with Gasteiger partial charge in [-0.25, -0.2) is 0 Å². The highest BCUT2D eigenvalue weighted by Gasteiger charge is 2.04. The van der Waals surface area contributed by atoms with E-state index in [4.69, 9.17) is 5.84 Å². The van der Waals surface area contributed by atoms with Crippen LogP contribution in [0.1, 0.15) is 16.1 Å². The summed E-state index contributed by atoms with van der Waals surface area (Å²) in [5.74, 6) is 4.15. The number of hydrazine groups is 1. The third-order valence-electron chi connectivity index (χ3n) is 2.33. The molecule has 0 fully saturated rings. The minimum Gasteiger partial charge on any atom is -0.545 e. The number of carbonyl (C=O) groups is 1. The molecule has 1 heterocycles. The number of nitrogen functional groups attached to an aromatic ring is 1. The van der Waals surface area contributed by atoms with E-state index in [0.29, 0.717) is 16.6 Å². The lowest BCUT2D eigenvalue weighted by molar-refractivity contribution is -0.255. The van der Waals surface area contributed by atoms with Crippen molar-refractivity contribution in [3.8, 4) is 0 Å². The maximum absolute atomic E-state index is 10.7. The molecular weight excluding hydrogens is 206 g/mol. The molecule has 0 aliphatic carbocycles. The fraction of sp³-hybridized carbons (Fsp3) is 0.0909. The van der Waals surface area contributed by atoms with Crippen molar-refractivity contribution < 1.29 is 9.90 Å². The predicted molar refractivity (Wildman–Crippen MR) is 58.6 cm³/mol. The van der Waals surface area contributed by atoms with Crippen LogP contribution in [0, 0.1) is 6.92 Å². The smallest absolute Gasteiger partial charge is 0.0726 e. The number of hydrogen-bond donors (Lipinski definition) is 2. The molecule has 0 atom stereocenters. The van der Waals surface area contributed by atoms with Crippen LogP contribution in [0.4, 0.5) is 5.69 Å². The van der Waals surface area contributed by atoms with Crippen molar-refractivity contribution in [2.24, 2.45) is 5.84 Å². The standard InChI is InChI=1S/C11H11N3O2/c1-6-4-10(14-12)8-5-7(11(15)16)2-3-9(8)13-6/h2-5H,12H2,1H3,(H,13,14)(H,15,16)/p-1. The second kappa shape index (κ2) is 3.79. The number of benzene rings is 1. The van der Waals surface area contributed by atoms with Gasteiger partial charge in [-0.05, 0) is 30.7 Å². The number of nitrogens with two attached hydrogens (primary N) is 1. The molecule has 16 heavy (non-hydrogen) atoms. The minimum atomic E-state index is -1.22. The Bertz CT molecular complexity index is 566. The van der Waals surface area contributed by atoms with Crippen molar-refractivity contribution >= 4 is 22.6 Å². The number of pyridine rings is 1. The molecule has 5 heteroatoms. The molecule has 0 saturated heterocycles. The van der Waals surface area contributed by atoms with Gasteiger partial charge in [0.05, 0.1) is 17.2 Å². The molecule has 0 unspecified atom stereocenters. The van der Waals surface area contributed by atoms with E-state index in [0.717, 1.165) is 5.69 Å². The van der Waals surface area contributed by atoms with Crippen molar-refractivity contribution in [2.45, 2.75) is 6.92 Å². The van der Waals surface area contributed by atoms with Gasteiger partial charge in [0.2, 0.25) is 0 Å². The molecule has 1 aromatic carbocycles. The first kappa shape index (κ1) is 10.4. The second-order valence-electron chi connectivity index (χ2n) is 3.47. The molecule has 0 aliphatic heterocycles. The molecule has 0 radical (unpaired) electrons. The Kier molecular flexibility index (Phi) is 2.46. The quantitative estimate of drug-likeness (QED) is 0.552. The van der Waals surface area contributed by atoms with Crippen LogP contribution in [0.25, 0.3) is 10.9 Å². The van der Waals surface area contributed by atoms with E-state index < -0.39 is 5.97 Å². The molecule has 3 N–H and O–H groups in total. The zero-order valence-electron chi connectivity index (χ0n) is 8.65. The summed E-state index contributed by atoms with van der Waals surface area (Å²) in [6.07, 6.45) is 0. The largest absolute Gasteiger partial charge is 0.545 e. The highest BCUT2D eigenvalue weighted by molar-refractivity contribution is 5.97. The van der Waals surface area contributed by atoms with E-state index in [1.165, 1.54) is 12.1 Å². The van der Waals surface area contributed by atoms with Gasteiger partial charge in [0.25, 0.3) is 0 Å². The Morgan fingerprint density at radius 1 is 1.44 bits per heavy atom. The lowest BCUT2D eigenvalue weighted by atomic mass is 10.1. The van der Waals surface area contributed by atoms with Gasteiger partial charge in [-0.3, -0.25) is 10.8 Å². The third-order valence-corrected chi connectivity index (χ3v) is 2.33. The number of aromatic nitrogens is 1. The van der Waals surface area contributed by atoms with Crippen LogP contribution in [0.3, 0.4) is 0 Å². The number of nitrogens with zero attached hydrogens (tertiary/aromatic N) is 1. The SMILES string of the molecule is Cc1cc(NN)c2cc(C(=O)[O-])ccc2n1. The molecule has 2 aromatic rings. The highest BCUT2D eigenvalue weighted by atomic mass is 16.4. The molecule has 82 valence electrons. The van der Waals surface area contributed by atoms with E-state index in [2.05, 4.69) is 10.4 Å². The van der Waals surface area contributed by atoms with Crippen molar-refractivity contribution in [1.29, 1.82) is 0 Å². The summed E-state index contributed by atoms with van der Waals surface area (Å²) in [5, 5.41) is 11.4. The summed E-state index contributed by atoms with van der Waals surface area (Å²) in [6.45, 7) is 1.84. The van der Waals surface area contributed by atoms with Crippen LogP contribution in [-0.2, 0) is 0 Å². The molecule has 0 bridgehead atoms. The van der Waals surface area contributed by atoms with E-state index in [-0.39, 0.29) is 5.56 Å². The van der Waals surface area contributed by atoms with E-state index >= 15 is 0 Å². The maximum Gasteiger partial charge on any atom is 0.0726 e. The average Bonchev–Trinajstić information content (AvgIpc) is 2.27. The number of carboxylic acid groups (broad SMARTS) is 1. The molecule has 1 aromatic heterocycles. The molecular formula is C11H10N3O2-. The van der Waals surface area contributed by atoms with E-state index in [1.807, 2.05) is 6.92 Å². The minimum absolute atomic E-state index is 0.106. The zero-order valence-corrected chi connectivity index (χ0v) is 8.65. The van der Waals surface area contributed by atoms with Gasteiger partial charge >= 0.3 is 0 Å². The molecule has 0 aliphatic rings. The van der Waals surface area contributed by atoms with Crippen LogP contribution >= 0.6 is 0 Å². The Morgan fingerprint density at radius 3 is 2.81 bits per heavy atom. The number of fused-ring (bicyclic) bond motifs is 1. The maximum atomic E-state index is 10.7. The summed E-state index contributed by atoms with van der Waals surface area (Å²) < 4.78 is 0. The number of rotatable bonds is 2. The van der Waals surface area contributed by atoms with Crippen LogP contribution in [0.15, 0.2) is 24.3 Å². The zero-order chi connectivity index (χ0) is 11.7. The van der Waals surface area contributed by atoms with Gasteiger partial charge in [-0.2, -0.15) is 0 Å². The van der Waals surface area contributed by atoms with Crippen LogP contribution in [0.5, 0.6) is 0 Å². The molecule has 5 nitrogen and oxygen atoms in total. The van der Waals surface area contributed by atoms with Gasteiger partial charge in [0.15, 0.2) is 0 Å². The number of aryl methyl sites for hydroxylation is 1. The first-order valence-electron chi connectivity index (χ1n) is 4.71. The second-order valence-corrected chi connectivity index (χ2v) is 3.47. The molecule has 0 spiro atoms. The Morgan fingerprint density at radius 2 is 2.19 bits per heavy atom. The van der Waals surface area contributed by atoms with Crippen molar-refractivity contribution in [3.05, 3.63) is 35.5 Å². The monoisotopic (exact) mass is 216 g/mol. The molecule has 0 amide bonds. The number of carboxylic acids is 1. The van der Waals surface area contributed by atoms with Crippen LogP contribution < -0.4 is 16.4 Å². The summed E-state index contributed by atoms with van der Waals surface area (Å²) in [7, 11) is 0. The summed E-state index contributed by atoms with van der Waals surface area (Å²) >= 11 is 0. The molecule has 0 saturated carbocycles.